The van der Waals surface area contributed by atoms with Crippen LogP contribution in [0.4, 0.5) is 0 Å². The number of aliphatic hydroxyl groups is 1. The van der Waals surface area contributed by atoms with E-state index < -0.39 is 5.60 Å². The molecule has 6 rings (SSSR count). The Morgan fingerprint density at radius 3 is 2.71 bits per heavy atom. The summed E-state index contributed by atoms with van der Waals surface area (Å²) in [5.74, 6) is 3.95. The SMILES string of the molecule is C[C@@H]1C[C@H]2C[C@](C)(O)CC[C@]2(C)[C@H]2CC[C@]3(C)[C@@H](C(=O)Cn4cc5ccncc5n4)CC[C@H]3[C@H]12. The first-order chi connectivity index (χ1) is 16.1. The highest BCUT2D eigenvalue weighted by Gasteiger charge is 2.63. The van der Waals surface area contributed by atoms with Gasteiger partial charge in [0.1, 0.15) is 5.52 Å². The van der Waals surface area contributed by atoms with Gasteiger partial charge in [-0.25, -0.2) is 0 Å². The highest BCUT2D eigenvalue weighted by atomic mass is 16.3. The summed E-state index contributed by atoms with van der Waals surface area (Å²) in [4.78, 5) is 17.8. The summed E-state index contributed by atoms with van der Waals surface area (Å²) in [7, 11) is 0. The zero-order chi connectivity index (χ0) is 23.9. The number of rotatable bonds is 3. The minimum absolute atomic E-state index is 0.115. The molecule has 0 unspecified atom stereocenters. The number of aromatic nitrogens is 3. The molecule has 4 aliphatic carbocycles. The standard InChI is InChI=1S/C29H41N3O2/c1-18-13-20-14-27(2,34)10-11-28(20,3)23-7-9-29(4)21(5-6-22(29)26(18)23)25(33)17-32-16-19-8-12-30-15-24(19)31-32/h8,12,15-16,18,20-23,26,34H,5-7,9-11,13-14,17H2,1-4H3/t18-,20+,21-,22+,23+,26+,27-,28+,29-/m1/s1. The third-order valence-corrected chi connectivity index (χ3v) is 11.4. The minimum atomic E-state index is -0.488. The van der Waals surface area contributed by atoms with Crippen LogP contribution in [-0.4, -0.2) is 31.3 Å². The average molecular weight is 464 g/mol. The van der Waals surface area contributed by atoms with Crippen LogP contribution in [0.5, 0.6) is 0 Å². The van der Waals surface area contributed by atoms with E-state index in [-0.39, 0.29) is 11.3 Å². The third-order valence-electron chi connectivity index (χ3n) is 11.4. The van der Waals surface area contributed by atoms with Crippen LogP contribution < -0.4 is 0 Å². The molecule has 184 valence electrons. The molecule has 0 aromatic carbocycles. The van der Waals surface area contributed by atoms with Gasteiger partial charge in [-0.3, -0.25) is 14.5 Å². The third kappa shape index (κ3) is 3.32. The van der Waals surface area contributed by atoms with Crippen molar-refractivity contribution in [1.29, 1.82) is 0 Å². The maximum atomic E-state index is 13.7. The maximum Gasteiger partial charge on any atom is 0.157 e. The van der Waals surface area contributed by atoms with Crippen LogP contribution in [0.15, 0.2) is 24.7 Å². The van der Waals surface area contributed by atoms with E-state index in [9.17, 15) is 9.90 Å². The first-order valence-corrected chi connectivity index (χ1v) is 13.6. The van der Waals surface area contributed by atoms with Gasteiger partial charge in [0.15, 0.2) is 5.78 Å². The van der Waals surface area contributed by atoms with Gasteiger partial charge in [-0.15, -0.1) is 0 Å². The van der Waals surface area contributed by atoms with Crippen molar-refractivity contribution < 1.29 is 9.90 Å². The van der Waals surface area contributed by atoms with E-state index in [2.05, 4.69) is 30.9 Å². The fourth-order valence-electron chi connectivity index (χ4n) is 9.61. The van der Waals surface area contributed by atoms with Gasteiger partial charge in [-0.2, -0.15) is 5.10 Å². The van der Waals surface area contributed by atoms with Crippen molar-refractivity contribution in [1.82, 2.24) is 14.8 Å². The number of nitrogens with zero attached hydrogens (tertiary/aromatic N) is 3. The first-order valence-electron chi connectivity index (χ1n) is 13.6. The van der Waals surface area contributed by atoms with Crippen LogP contribution in [0.1, 0.15) is 79.1 Å². The second-order valence-electron chi connectivity index (χ2n) is 13.3. The smallest absolute Gasteiger partial charge is 0.157 e. The fraction of sp³-hybridized carbons (Fsp3) is 0.759. The number of carbonyl (C=O) groups is 1. The Morgan fingerprint density at radius 1 is 1.12 bits per heavy atom. The molecule has 2 aromatic heterocycles. The zero-order valence-electron chi connectivity index (χ0n) is 21.3. The minimum Gasteiger partial charge on any atom is -0.390 e. The summed E-state index contributed by atoms with van der Waals surface area (Å²) >= 11 is 0. The van der Waals surface area contributed by atoms with E-state index in [1.165, 1.54) is 25.7 Å². The summed E-state index contributed by atoms with van der Waals surface area (Å²) in [6, 6.07) is 1.96. The predicted octanol–water partition coefficient (Wildman–Crippen LogP) is 5.66. The van der Waals surface area contributed by atoms with Crippen LogP contribution in [0.25, 0.3) is 10.9 Å². The maximum absolute atomic E-state index is 13.7. The van der Waals surface area contributed by atoms with Crippen LogP contribution in [-0.2, 0) is 11.3 Å². The zero-order valence-corrected chi connectivity index (χ0v) is 21.3. The van der Waals surface area contributed by atoms with Gasteiger partial charge >= 0.3 is 0 Å². The molecule has 4 aliphatic rings. The van der Waals surface area contributed by atoms with E-state index in [0.717, 1.165) is 48.4 Å². The lowest BCUT2D eigenvalue weighted by Crippen LogP contribution is -2.58. The molecule has 1 N–H and O–H groups in total. The monoisotopic (exact) mass is 463 g/mol. The van der Waals surface area contributed by atoms with Crippen molar-refractivity contribution >= 4 is 16.7 Å². The molecule has 34 heavy (non-hydrogen) atoms. The molecule has 0 spiro atoms. The van der Waals surface area contributed by atoms with Crippen molar-refractivity contribution in [2.24, 2.45) is 46.3 Å². The Hall–Kier alpha value is -1.75. The number of hydrogen-bond acceptors (Lipinski definition) is 4. The quantitative estimate of drug-likeness (QED) is 0.638. The Balaban J connectivity index is 1.23. The highest BCUT2D eigenvalue weighted by molar-refractivity contribution is 5.83. The fourth-order valence-corrected chi connectivity index (χ4v) is 9.61. The van der Waals surface area contributed by atoms with Crippen LogP contribution in [0, 0.1) is 46.3 Å². The average Bonchev–Trinajstić information content (AvgIpc) is 3.34. The van der Waals surface area contributed by atoms with E-state index in [0.29, 0.717) is 35.5 Å². The Labute approximate surface area is 203 Å². The summed E-state index contributed by atoms with van der Waals surface area (Å²) in [6.07, 6.45) is 14.5. The predicted molar refractivity (Wildman–Crippen MR) is 133 cm³/mol. The number of fused-ring (bicyclic) bond motifs is 6. The molecule has 0 aliphatic heterocycles. The first kappa shape index (κ1) is 22.7. The molecule has 9 atom stereocenters. The van der Waals surface area contributed by atoms with Gasteiger partial charge in [-0.05, 0) is 105 Å². The Morgan fingerprint density at radius 2 is 1.91 bits per heavy atom. The van der Waals surface area contributed by atoms with Gasteiger partial charge < -0.3 is 5.11 Å². The van der Waals surface area contributed by atoms with Crippen molar-refractivity contribution in [3.63, 3.8) is 0 Å². The lowest BCUT2D eigenvalue weighted by atomic mass is 9.42. The molecule has 2 heterocycles. The van der Waals surface area contributed by atoms with Crippen LogP contribution >= 0.6 is 0 Å². The summed E-state index contributed by atoms with van der Waals surface area (Å²) < 4.78 is 1.83. The molecule has 0 bridgehead atoms. The van der Waals surface area contributed by atoms with Crippen molar-refractivity contribution in [3.8, 4) is 0 Å². The molecular formula is C29H41N3O2. The molecule has 2 aromatic rings. The van der Waals surface area contributed by atoms with E-state index in [1.807, 2.05) is 23.9 Å². The molecule has 5 heteroatoms. The lowest BCUT2D eigenvalue weighted by molar-refractivity contribution is -0.166. The number of ketones is 1. The van der Waals surface area contributed by atoms with Crippen molar-refractivity contribution in [2.75, 3.05) is 0 Å². The number of Topliss-reactive ketones (excluding diaryl/α,β-unsaturated/α-hetero) is 1. The molecule has 5 nitrogen and oxygen atoms in total. The molecule has 4 saturated carbocycles. The van der Waals surface area contributed by atoms with Gasteiger partial charge in [0.2, 0.25) is 0 Å². The Kier molecular flexibility index (Phi) is 5.09. The molecular weight excluding hydrogens is 422 g/mol. The van der Waals surface area contributed by atoms with Crippen molar-refractivity contribution in [3.05, 3.63) is 24.7 Å². The van der Waals surface area contributed by atoms with Gasteiger partial charge in [-0.1, -0.05) is 20.8 Å². The summed E-state index contributed by atoms with van der Waals surface area (Å²) in [6.45, 7) is 9.90. The molecule has 0 radical (unpaired) electrons. The van der Waals surface area contributed by atoms with E-state index in [1.54, 1.807) is 12.4 Å². The summed E-state index contributed by atoms with van der Waals surface area (Å²) in [5.41, 5.74) is 0.838. The van der Waals surface area contributed by atoms with Crippen LogP contribution in [0.2, 0.25) is 0 Å². The van der Waals surface area contributed by atoms with E-state index in [4.69, 9.17) is 0 Å². The number of carbonyl (C=O) groups excluding carboxylic acids is 1. The number of pyridine rings is 1. The summed E-state index contributed by atoms with van der Waals surface area (Å²) in [5, 5.41) is 16.5. The Bertz CT molecular complexity index is 1070. The highest BCUT2D eigenvalue weighted by Crippen LogP contribution is 2.69. The second-order valence-corrected chi connectivity index (χ2v) is 13.3. The van der Waals surface area contributed by atoms with Gasteiger partial charge in [0.05, 0.1) is 18.3 Å². The topological polar surface area (TPSA) is 68.0 Å². The van der Waals surface area contributed by atoms with E-state index >= 15 is 0 Å². The second kappa shape index (κ2) is 7.62. The van der Waals surface area contributed by atoms with Crippen LogP contribution in [0.3, 0.4) is 0 Å². The number of hydrogen-bond donors (Lipinski definition) is 1. The van der Waals surface area contributed by atoms with Crippen molar-refractivity contribution in [2.45, 2.75) is 91.2 Å². The molecule has 0 amide bonds. The van der Waals surface area contributed by atoms with Gasteiger partial charge in [0, 0.05) is 23.7 Å². The normalized spacial score (nSPS) is 46.0. The van der Waals surface area contributed by atoms with Gasteiger partial charge in [0.25, 0.3) is 0 Å². The largest absolute Gasteiger partial charge is 0.390 e. The molecule has 0 saturated heterocycles. The molecule has 4 fully saturated rings. The lowest BCUT2D eigenvalue weighted by Gasteiger charge is -2.63.